The third-order valence-electron chi connectivity index (χ3n) is 4.42. The van der Waals surface area contributed by atoms with Gasteiger partial charge in [-0.25, -0.2) is 4.39 Å². The maximum atomic E-state index is 13.1. The number of carbonyl (C=O) groups excluding carboxylic acids is 1. The van der Waals surface area contributed by atoms with Crippen LogP contribution >= 0.6 is 11.3 Å². The Balaban J connectivity index is 1.51. The third kappa shape index (κ3) is 3.66. The van der Waals surface area contributed by atoms with Crippen LogP contribution in [0.3, 0.4) is 0 Å². The lowest BCUT2D eigenvalue weighted by Gasteiger charge is -2.20. The number of fused-ring (bicyclic) bond motifs is 1. The molecule has 0 aliphatic carbocycles. The topological polar surface area (TPSA) is 38.8 Å². The summed E-state index contributed by atoms with van der Waals surface area (Å²) in [4.78, 5) is 16.3. The Morgan fingerprint density at radius 3 is 2.63 bits per heavy atom. The Hall–Kier alpha value is -2.86. The molecule has 3 aromatic rings. The van der Waals surface area contributed by atoms with Crippen LogP contribution < -0.4 is 9.47 Å². The van der Waals surface area contributed by atoms with Crippen molar-refractivity contribution in [3.63, 3.8) is 0 Å². The van der Waals surface area contributed by atoms with E-state index in [1.54, 1.807) is 17.0 Å². The number of ether oxygens (including phenoxy) is 2. The van der Waals surface area contributed by atoms with Crippen molar-refractivity contribution in [3.05, 3.63) is 70.9 Å². The Morgan fingerprint density at radius 1 is 1.07 bits per heavy atom. The molecule has 2 aromatic carbocycles. The molecule has 0 radical (unpaired) electrons. The summed E-state index contributed by atoms with van der Waals surface area (Å²) < 4.78 is 23.8. The number of carbonyl (C=O) groups is 1. The summed E-state index contributed by atoms with van der Waals surface area (Å²) in [7, 11) is 0. The maximum absolute atomic E-state index is 13.1. The number of amides is 1. The molecule has 0 N–H and O–H groups in total. The molecule has 0 atom stereocenters. The predicted octanol–water partition coefficient (Wildman–Crippen LogP) is 4.95. The molecule has 4 nitrogen and oxygen atoms in total. The number of hydrogen-bond donors (Lipinski definition) is 0. The van der Waals surface area contributed by atoms with E-state index in [1.807, 2.05) is 37.3 Å². The summed E-state index contributed by atoms with van der Waals surface area (Å²) in [6, 6.07) is 15.8. The zero-order valence-electron chi connectivity index (χ0n) is 14.8. The molecule has 0 bridgehead atoms. The van der Waals surface area contributed by atoms with E-state index >= 15 is 0 Å². The van der Waals surface area contributed by atoms with Gasteiger partial charge in [-0.3, -0.25) is 4.79 Å². The van der Waals surface area contributed by atoms with Crippen molar-refractivity contribution in [3.8, 4) is 21.9 Å². The van der Waals surface area contributed by atoms with Crippen molar-refractivity contribution in [1.82, 2.24) is 4.90 Å². The second kappa shape index (κ2) is 7.40. The third-order valence-corrected chi connectivity index (χ3v) is 5.55. The van der Waals surface area contributed by atoms with Crippen LogP contribution in [0.4, 0.5) is 4.39 Å². The van der Waals surface area contributed by atoms with E-state index in [2.05, 4.69) is 0 Å². The number of hydrogen-bond acceptors (Lipinski definition) is 4. The van der Waals surface area contributed by atoms with Crippen molar-refractivity contribution >= 4 is 17.2 Å². The first-order chi connectivity index (χ1) is 13.1. The molecule has 6 heteroatoms. The lowest BCUT2D eigenvalue weighted by molar-refractivity contribution is 0.0757. The molecule has 0 fully saturated rings. The lowest BCUT2D eigenvalue weighted by atomic mass is 10.2. The molecule has 2 heterocycles. The SMILES string of the molecule is CCN(Cc1ccc2c(c1)OCO2)C(=O)c1ccc(-c2ccc(F)cc2)s1. The molecule has 0 spiro atoms. The number of halogens is 1. The molecule has 0 saturated carbocycles. The van der Waals surface area contributed by atoms with Gasteiger partial charge < -0.3 is 14.4 Å². The van der Waals surface area contributed by atoms with Crippen LogP contribution in [0.2, 0.25) is 0 Å². The standard InChI is InChI=1S/C21H18FNO3S/c1-2-23(12-14-3-8-17-18(11-14)26-13-25-17)21(24)20-10-9-19(27-20)15-4-6-16(22)7-5-15/h3-11H,2,12-13H2,1H3. The highest BCUT2D eigenvalue weighted by molar-refractivity contribution is 7.17. The van der Waals surface area contributed by atoms with Crippen LogP contribution in [-0.2, 0) is 6.54 Å². The van der Waals surface area contributed by atoms with Gasteiger partial charge in [-0.1, -0.05) is 18.2 Å². The summed E-state index contributed by atoms with van der Waals surface area (Å²) in [6.45, 7) is 3.28. The van der Waals surface area contributed by atoms with Crippen LogP contribution in [0.1, 0.15) is 22.2 Å². The average Bonchev–Trinajstić information content (AvgIpc) is 3.35. The van der Waals surface area contributed by atoms with E-state index < -0.39 is 0 Å². The van der Waals surface area contributed by atoms with Crippen LogP contribution in [0.25, 0.3) is 10.4 Å². The summed E-state index contributed by atoms with van der Waals surface area (Å²) >= 11 is 1.42. The molecule has 1 aliphatic heterocycles. The van der Waals surface area contributed by atoms with Crippen LogP contribution in [0.5, 0.6) is 11.5 Å². The maximum Gasteiger partial charge on any atom is 0.264 e. The molecule has 4 rings (SSSR count). The van der Waals surface area contributed by atoms with Gasteiger partial charge in [0.05, 0.1) is 4.88 Å². The molecule has 1 aliphatic rings. The molecular weight excluding hydrogens is 365 g/mol. The van der Waals surface area contributed by atoms with Crippen LogP contribution in [-0.4, -0.2) is 24.1 Å². The average molecular weight is 383 g/mol. The van der Waals surface area contributed by atoms with E-state index in [0.717, 1.165) is 21.8 Å². The summed E-state index contributed by atoms with van der Waals surface area (Å²) in [5, 5.41) is 0. The van der Waals surface area contributed by atoms with Crippen molar-refractivity contribution in [1.29, 1.82) is 0 Å². The van der Waals surface area contributed by atoms with Crippen molar-refractivity contribution in [2.24, 2.45) is 0 Å². The predicted molar refractivity (Wildman–Crippen MR) is 103 cm³/mol. The number of thiophene rings is 1. The molecule has 1 aromatic heterocycles. The van der Waals surface area contributed by atoms with Gasteiger partial charge in [0.2, 0.25) is 6.79 Å². The monoisotopic (exact) mass is 383 g/mol. The summed E-state index contributed by atoms with van der Waals surface area (Å²) in [6.07, 6.45) is 0. The summed E-state index contributed by atoms with van der Waals surface area (Å²) in [5.74, 6) is 1.15. The number of rotatable bonds is 5. The zero-order chi connectivity index (χ0) is 18.8. The fourth-order valence-corrected chi connectivity index (χ4v) is 3.94. The Morgan fingerprint density at radius 2 is 1.85 bits per heavy atom. The minimum atomic E-state index is -0.271. The lowest BCUT2D eigenvalue weighted by Crippen LogP contribution is -2.29. The van der Waals surface area contributed by atoms with Crippen molar-refractivity contribution in [2.75, 3.05) is 13.3 Å². The van der Waals surface area contributed by atoms with E-state index in [1.165, 1.54) is 23.5 Å². The largest absolute Gasteiger partial charge is 0.454 e. The zero-order valence-corrected chi connectivity index (χ0v) is 15.6. The van der Waals surface area contributed by atoms with Gasteiger partial charge in [0, 0.05) is 18.0 Å². The van der Waals surface area contributed by atoms with Crippen molar-refractivity contribution < 1.29 is 18.7 Å². The van der Waals surface area contributed by atoms with Gasteiger partial charge in [-0.15, -0.1) is 11.3 Å². The molecule has 27 heavy (non-hydrogen) atoms. The van der Waals surface area contributed by atoms with E-state index in [9.17, 15) is 9.18 Å². The van der Waals surface area contributed by atoms with Gasteiger partial charge in [-0.05, 0) is 54.4 Å². The van der Waals surface area contributed by atoms with E-state index in [0.29, 0.717) is 23.7 Å². The van der Waals surface area contributed by atoms with Crippen molar-refractivity contribution in [2.45, 2.75) is 13.5 Å². The second-order valence-corrected chi connectivity index (χ2v) is 7.26. The molecular formula is C21H18FNO3S. The van der Waals surface area contributed by atoms with Gasteiger partial charge in [0.15, 0.2) is 11.5 Å². The minimum absolute atomic E-state index is 0.0199. The Kier molecular flexibility index (Phi) is 4.81. The highest BCUT2D eigenvalue weighted by Crippen LogP contribution is 2.33. The highest BCUT2D eigenvalue weighted by Gasteiger charge is 2.19. The normalized spacial score (nSPS) is 12.2. The van der Waals surface area contributed by atoms with Gasteiger partial charge in [-0.2, -0.15) is 0 Å². The van der Waals surface area contributed by atoms with Gasteiger partial charge in [0.25, 0.3) is 5.91 Å². The van der Waals surface area contributed by atoms with E-state index in [4.69, 9.17) is 9.47 Å². The smallest absolute Gasteiger partial charge is 0.264 e. The first-order valence-corrected chi connectivity index (χ1v) is 9.49. The highest BCUT2D eigenvalue weighted by atomic mass is 32.1. The Labute approximate surface area is 160 Å². The van der Waals surface area contributed by atoms with Crippen LogP contribution in [0, 0.1) is 5.82 Å². The summed E-state index contributed by atoms with van der Waals surface area (Å²) in [5.41, 5.74) is 1.89. The molecule has 0 saturated heterocycles. The second-order valence-electron chi connectivity index (χ2n) is 6.18. The van der Waals surface area contributed by atoms with Gasteiger partial charge in [0.1, 0.15) is 5.82 Å². The minimum Gasteiger partial charge on any atom is -0.454 e. The quantitative estimate of drug-likeness (QED) is 0.626. The Bertz CT molecular complexity index is 968. The van der Waals surface area contributed by atoms with E-state index in [-0.39, 0.29) is 18.5 Å². The van der Waals surface area contributed by atoms with Crippen LogP contribution in [0.15, 0.2) is 54.6 Å². The molecule has 138 valence electrons. The molecule has 1 amide bonds. The first-order valence-electron chi connectivity index (χ1n) is 8.67. The molecule has 0 unspecified atom stereocenters. The van der Waals surface area contributed by atoms with Gasteiger partial charge >= 0.3 is 0 Å². The fraction of sp³-hybridized carbons (Fsp3) is 0.190. The number of nitrogens with zero attached hydrogens (tertiary/aromatic N) is 1. The first kappa shape index (κ1) is 17.5. The number of benzene rings is 2. The fourth-order valence-electron chi connectivity index (χ4n) is 2.96.